The van der Waals surface area contributed by atoms with Crippen LogP contribution in [0.4, 0.5) is 0 Å². The van der Waals surface area contributed by atoms with Gasteiger partial charge in [0.1, 0.15) is 0 Å². The van der Waals surface area contributed by atoms with Gasteiger partial charge in [-0.05, 0) is 62.2 Å². The average Bonchev–Trinajstić information content (AvgIpc) is 2.15. The van der Waals surface area contributed by atoms with Gasteiger partial charge in [-0.1, -0.05) is 27.2 Å². The third-order valence-electron chi connectivity index (χ3n) is 5.33. The molecular weight excluding hydrogens is 196 g/mol. The van der Waals surface area contributed by atoms with Gasteiger partial charge in [-0.3, -0.25) is 0 Å². The lowest BCUT2D eigenvalue weighted by Crippen LogP contribution is -2.45. The topological polar surface area (TPSA) is 20.2 Å². The van der Waals surface area contributed by atoms with Gasteiger partial charge in [0.05, 0.1) is 5.60 Å². The molecule has 2 saturated carbocycles. The number of fused-ring (bicyclic) bond motifs is 1. The van der Waals surface area contributed by atoms with Gasteiger partial charge in [-0.15, -0.1) is 0 Å². The number of hydrogen-bond acceptors (Lipinski definition) is 1. The van der Waals surface area contributed by atoms with E-state index in [4.69, 9.17) is 0 Å². The van der Waals surface area contributed by atoms with Crippen LogP contribution in [0.3, 0.4) is 0 Å². The maximum Gasteiger partial charge on any atom is 0.0622 e. The molecule has 2 aliphatic rings. The zero-order chi connectivity index (χ0) is 11.9. The van der Waals surface area contributed by atoms with E-state index in [1.165, 1.54) is 19.3 Å². The molecule has 5 atom stereocenters. The molecule has 0 radical (unpaired) electrons. The fraction of sp³-hybridized carbons (Fsp3) is 1.00. The minimum absolute atomic E-state index is 0.384. The van der Waals surface area contributed by atoms with Crippen molar-refractivity contribution in [2.45, 2.75) is 65.4 Å². The second-order valence-electron chi connectivity index (χ2n) is 7.03. The van der Waals surface area contributed by atoms with Gasteiger partial charge in [0.25, 0.3) is 0 Å². The third kappa shape index (κ3) is 2.30. The van der Waals surface area contributed by atoms with Gasteiger partial charge in [-0.25, -0.2) is 0 Å². The fourth-order valence-corrected chi connectivity index (χ4v) is 4.34. The molecule has 0 aromatic heterocycles. The standard InChI is InChI=1S/C15H28O/c1-10(2)12-6-5-11(3)13-7-8-15(4,16)9-14(12)13/h10-14,16H,5-9H2,1-4H3/t11-,12+,13+,14-,15+/m1/s1. The van der Waals surface area contributed by atoms with Crippen LogP contribution in [0.5, 0.6) is 0 Å². The summed E-state index contributed by atoms with van der Waals surface area (Å²) in [5.41, 5.74) is -0.384. The molecule has 0 amide bonds. The summed E-state index contributed by atoms with van der Waals surface area (Å²) in [5, 5.41) is 10.3. The Balaban J connectivity index is 2.15. The van der Waals surface area contributed by atoms with Gasteiger partial charge in [0.15, 0.2) is 0 Å². The Bertz CT molecular complexity index is 242. The Kier molecular flexibility index (Phi) is 3.36. The summed E-state index contributed by atoms with van der Waals surface area (Å²) in [5.74, 6) is 4.20. The van der Waals surface area contributed by atoms with Crippen molar-refractivity contribution in [1.29, 1.82) is 0 Å². The molecule has 0 bridgehead atoms. The molecule has 0 aliphatic heterocycles. The molecule has 1 nitrogen and oxygen atoms in total. The van der Waals surface area contributed by atoms with E-state index in [0.717, 1.165) is 42.4 Å². The molecule has 0 heterocycles. The number of rotatable bonds is 1. The molecule has 1 N–H and O–H groups in total. The summed E-state index contributed by atoms with van der Waals surface area (Å²) in [6, 6.07) is 0. The average molecular weight is 224 g/mol. The van der Waals surface area contributed by atoms with Crippen LogP contribution in [0.2, 0.25) is 0 Å². The van der Waals surface area contributed by atoms with E-state index >= 15 is 0 Å². The maximum absolute atomic E-state index is 10.3. The van der Waals surface area contributed by atoms with E-state index in [1.54, 1.807) is 0 Å². The van der Waals surface area contributed by atoms with Crippen LogP contribution >= 0.6 is 0 Å². The highest BCUT2D eigenvalue weighted by molar-refractivity contribution is 4.95. The minimum Gasteiger partial charge on any atom is -0.390 e. The van der Waals surface area contributed by atoms with Crippen LogP contribution in [-0.2, 0) is 0 Å². The zero-order valence-corrected chi connectivity index (χ0v) is 11.4. The van der Waals surface area contributed by atoms with Crippen LogP contribution in [0, 0.1) is 29.6 Å². The molecule has 0 aromatic rings. The summed E-state index contributed by atoms with van der Waals surface area (Å²) in [4.78, 5) is 0. The van der Waals surface area contributed by atoms with Crippen LogP contribution in [0.25, 0.3) is 0 Å². The maximum atomic E-state index is 10.3. The molecule has 2 rings (SSSR count). The van der Waals surface area contributed by atoms with Gasteiger partial charge in [-0.2, -0.15) is 0 Å². The number of hydrogen-bond donors (Lipinski definition) is 1. The highest BCUT2D eigenvalue weighted by Gasteiger charge is 2.45. The van der Waals surface area contributed by atoms with Crippen LogP contribution in [-0.4, -0.2) is 10.7 Å². The second-order valence-corrected chi connectivity index (χ2v) is 7.03. The molecule has 2 fully saturated rings. The Labute approximate surface area is 101 Å². The summed E-state index contributed by atoms with van der Waals surface area (Å²) >= 11 is 0. The Hall–Kier alpha value is -0.0400. The quantitative estimate of drug-likeness (QED) is 0.717. The minimum atomic E-state index is -0.384. The largest absolute Gasteiger partial charge is 0.390 e. The molecule has 1 heteroatoms. The van der Waals surface area contributed by atoms with Gasteiger partial charge < -0.3 is 5.11 Å². The molecule has 0 aromatic carbocycles. The first-order chi connectivity index (χ1) is 7.41. The first-order valence-corrected chi connectivity index (χ1v) is 7.13. The summed E-state index contributed by atoms with van der Waals surface area (Å²) in [6.45, 7) is 9.19. The van der Waals surface area contributed by atoms with E-state index < -0.39 is 0 Å². The van der Waals surface area contributed by atoms with E-state index in [2.05, 4.69) is 20.8 Å². The smallest absolute Gasteiger partial charge is 0.0622 e. The SMILES string of the molecule is CC(C)[C@@H]1CC[C@@H](C)[C@@H]2CC[C@](C)(O)C[C@@H]21. The molecule has 94 valence electrons. The fourth-order valence-electron chi connectivity index (χ4n) is 4.34. The first kappa shape index (κ1) is 12.4. The zero-order valence-electron chi connectivity index (χ0n) is 11.4. The summed E-state index contributed by atoms with van der Waals surface area (Å²) < 4.78 is 0. The lowest BCUT2D eigenvalue weighted by atomic mass is 9.57. The molecule has 0 unspecified atom stereocenters. The van der Waals surface area contributed by atoms with Crippen molar-refractivity contribution < 1.29 is 5.11 Å². The highest BCUT2D eigenvalue weighted by atomic mass is 16.3. The van der Waals surface area contributed by atoms with E-state index in [0.29, 0.717) is 0 Å². The highest BCUT2D eigenvalue weighted by Crippen LogP contribution is 2.51. The van der Waals surface area contributed by atoms with Crippen LogP contribution < -0.4 is 0 Å². The van der Waals surface area contributed by atoms with Crippen molar-refractivity contribution in [2.24, 2.45) is 29.6 Å². The first-order valence-electron chi connectivity index (χ1n) is 7.13. The summed E-state index contributed by atoms with van der Waals surface area (Å²) in [7, 11) is 0. The molecule has 0 spiro atoms. The predicted octanol–water partition coefficient (Wildman–Crippen LogP) is 3.86. The molecule has 2 aliphatic carbocycles. The lowest BCUT2D eigenvalue weighted by Gasteiger charge is -2.50. The van der Waals surface area contributed by atoms with Crippen molar-refractivity contribution in [3.8, 4) is 0 Å². The van der Waals surface area contributed by atoms with Gasteiger partial charge in [0.2, 0.25) is 0 Å². The van der Waals surface area contributed by atoms with Crippen molar-refractivity contribution in [2.75, 3.05) is 0 Å². The van der Waals surface area contributed by atoms with Crippen molar-refractivity contribution in [1.82, 2.24) is 0 Å². The van der Waals surface area contributed by atoms with E-state index in [9.17, 15) is 5.11 Å². The Morgan fingerprint density at radius 1 is 1.12 bits per heavy atom. The monoisotopic (exact) mass is 224 g/mol. The van der Waals surface area contributed by atoms with E-state index in [-0.39, 0.29) is 5.60 Å². The van der Waals surface area contributed by atoms with Gasteiger partial charge in [0, 0.05) is 0 Å². The van der Waals surface area contributed by atoms with Crippen LogP contribution in [0.15, 0.2) is 0 Å². The third-order valence-corrected chi connectivity index (χ3v) is 5.33. The summed E-state index contributed by atoms with van der Waals surface area (Å²) in [6.07, 6.45) is 6.11. The molecule has 0 saturated heterocycles. The molecule has 16 heavy (non-hydrogen) atoms. The van der Waals surface area contributed by atoms with E-state index in [1.807, 2.05) is 6.92 Å². The van der Waals surface area contributed by atoms with Crippen molar-refractivity contribution in [3.05, 3.63) is 0 Å². The predicted molar refractivity (Wildman–Crippen MR) is 68.2 cm³/mol. The number of aliphatic hydroxyl groups is 1. The van der Waals surface area contributed by atoms with Crippen molar-refractivity contribution in [3.63, 3.8) is 0 Å². The van der Waals surface area contributed by atoms with Gasteiger partial charge >= 0.3 is 0 Å². The second kappa shape index (κ2) is 4.33. The normalized spacial score (nSPS) is 49.1. The lowest BCUT2D eigenvalue weighted by molar-refractivity contribution is -0.0711. The Morgan fingerprint density at radius 2 is 1.81 bits per heavy atom. The van der Waals surface area contributed by atoms with Crippen LogP contribution in [0.1, 0.15) is 59.8 Å². The molecular formula is C15H28O. The van der Waals surface area contributed by atoms with Crippen molar-refractivity contribution >= 4 is 0 Å². The Morgan fingerprint density at radius 3 is 2.44 bits per heavy atom.